The van der Waals surface area contributed by atoms with Crippen LogP contribution in [0.3, 0.4) is 0 Å². The molecule has 0 spiro atoms. The molecule has 0 amide bonds. The minimum atomic E-state index is -4.29. The van der Waals surface area contributed by atoms with Gasteiger partial charge < -0.3 is 19.7 Å². The zero-order valence-electron chi connectivity index (χ0n) is 19.6. The first-order valence-electron chi connectivity index (χ1n) is 11.6. The molecule has 0 bridgehead atoms. The Hall–Kier alpha value is -2.83. The predicted octanol–water partition coefficient (Wildman–Crippen LogP) is 2.27. The van der Waals surface area contributed by atoms with Crippen LogP contribution in [0.1, 0.15) is 45.3 Å². The molecule has 12 nitrogen and oxygen atoms in total. The number of nitrogen functional groups attached to an aromatic ring is 1. The maximum absolute atomic E-state index is 13.8. The van der Waals surface area contributed by atoms with E-state index < -0.39 is 49.8 Å². The first kappa shape index (κ1) is 26.2. The summed E-state index contributed by atoms with van der Waals surface area (Å²) >= 11 is 0. The Morgan fingerprint density at radius 1 is 1.28 bits per heavy atom. The summed E-state index contributed by atoms with van der Waals surface area (Å²) in [6.45, 7) is -0.320. The highest BCUT2D eigenvalue weighted by atomic mass is 31.2. The molecule has 1 aromatic heterocycles. The molecule has 1 saturated heterocycles. The number of nitrogens with one attached hydrogen (secondary N) is 2. The van der Waals surface area contributed by atoms with E-state index in [-0.39, 0.29) is 18.5 Å². The highest BCUT2D eigenvalue weighted by Gasteiger charge is 2.41. The molecule has 36 heavy (non-hydrogen) atoms. The summed E-state index contributed by atoms with van der Waals surface area (Å²) < 4.78 is 55.9. The van der Waals surface area contributed by atoms with Crippen molar-refractivity contribution in [1.29, 1.82) is 0 Å². The van der Waals surface area contributed by atoms with E-state index in [2.05, 4.69) is 10.1 Å². The molecular formula is C22H29FN4O8P+. The van der Waals surface area contributed by atoms with E-state index in [0.29, 0.717) is 0 Å². The maximum atomic E-state index is 13.8. The van der Waals surface area contributed by atoms with Gasteiger partial charge in [-0.25, -0.2) is 9.09 Å². The number of hydrogen-bond donors (Lipinski definition) is 3. The quantitative estimate of drug-likeness (QED) is 0.251. The Morgan fingerprint density at radius 3 is 2.72 bits per heavy atom. The molecule has 196 valence electrons. The highest BCUT2D eigenvalue weighted by Crippen LogP contribution is 2.47. The summed E-state index contributed by atoms with van der Waals surface area (Å²) in [4.78, 5) is 26.9. The molecule has 14 heteroatoms. The number of anilines is 1. The van der Waals surface area contributed by atoms with Crippen LogP contribution in [0.5, 0.6) is 5.75 Å². The molecular weight excluding hydrogens is 498 g/mol. The van der Waals surface area contributed by atoms with E-state index in [1.54, 1.807) is 30.3 Å². The van der Waals surface area contributed by atoms with Gasteiger partial charge in [0.1, 0.15) is 30.7 Å². The Balaban J connectivity index is 1.45. The standard InChI is InChI=1S/C22H28FN4O8P/c1-14(20(28)32-15-8-4-2-5-9-15)26-36(30,34-16-10-6-3-7-11-16)35-22-31-13-18(33-22)27-12-17(23)19(24)25-21(27)29/h3,6-7,10-12,14-15,18,22H,2,4-5,8-9,13H2,1H3,(H3,24,25,26,29,30)/p+1/t14-,18-,22-,36+/m0/s1. The van der Waals surface area contributed by atoms with E-state index in [0.717, 1.165) is 42.9 Å². The number of halogens is 1. The molecule has 1 aliphatic heterocycles. The van der Waals surface area contributed by atoms with Gasteiger partial charge in [0.05, 0.1) is 0 Å². The number of nitrogens with zero attached hydrogens (tertiary/aromatic N) is 1. The largest absolute Gasteiger partial charge is 0.499 e. The van der Waals surface area contributed by atoms with Crippen LogP contribution in [0.15, 0.2) is 41.3 Å². The topological polar surface area (TPSA) is 155 Å². The van der Waals surface area contributed by atoms with Gasteiger partial charge >= 0.3 is 19.4 Å². The van der Waals surface area contributed by atoms with E-state index in [4.69, 9.17) is 29.0 Å². The lowest BCUT2D eigenvalue weighted by atomic mass is 9.98. The van der Waals surface area contributed by atoms with Crippen LogP contribution in [0.25, 0.3) is 0 Å². The zero-order chi connectivity index (χ0) is 25.7. The van der Waals surface area contributed by atoms with E-state index in [9.17, 15) is 18.5 Å². The van der Waals surface area contributed by atoms with Gasteiger partial charge in [0, 0.05) is 0 Å². The predicted molar refractivity (Wildman–Crippen MR) is 123 cm³/mol. The molecule has 0 radical (unpaired) electrons. The molecule has 0 unspecified atom stereocenters. The molecule has 2 heterocycles. The van der Waals surface area contributed by atoms with Crippen LogP contribution in [0.4, 0.5) is 10.2 Å². The Bertz CT molecular complexity index is 1160. The van der Waals surface area contributed by atoms with Crippen LogP contribution in [0, 0.1) is 5.82 Å². The number of rotatable bonds is 9. The minimum absolute atomic E-state index is 0.191. The van der Waals surface area contributed by atoms with Gasteiger partial charge in [0.25, 0.3) is 6.48 Å². The van der Waals surface area contributed by atoms with Crippen molar-refractivity contribution in [3.63, 3.8) is 0 Å². The van der Waals surface area contributed by atoms with Crippen molar-refractivity contribution in [2.45, 2.75) is 63.9 Å². The molecule has 1 aliphatic carbocycles. The highest BCUT2D eigenvalue weighted by molar-refractivity contribution is 7.52. The molecule has 2 aromatic rings. The number of nitrogens with two attached hydrogens (primary N) is 1. The SMILES string of the molecule is C[C@H](N[P@@](=O)(Oc1ccccc1)O[C@H]1OC[C@@H]([n+]2cc(F)c(N)[nH]c2=O)O1)C(=O)OC1CCCCC1. The number of benzene rings is 1. The van der Waals surface area contributed by atoms with E-state index >= 15 is 0 Å². The summed E-state index contributed by atoms with van der Waals surface area (Å²) in [7, 11) is -4.29. The number of para-hydroxylation sites is 1. The molecule has 1 saturated carbocycles. The number of ether oxygens (including phenoxy) is 3. The van der Waals surface area contributed by atoms with Gasteiger partial charge in [-0.2, -0.15) is 23.8 Å². The van der Waals surface area contributed by atoms with Crippen LogP contribution < -0.4 is 25.6 Å². The number of carbonyl (C=O) groups excluding carboxylic acids is 1. The summed E-state index contributed by atoms with van der Waals surface area (Å²) in [5.41, 5.74) is 4.62. The average molecular weight is 527 g/mol. The second-order valence-corrected chi connectivity index (χ2v) is 10.1. The first-order valence-corrected chi connectivity index (χ1v) is 13.1. The van der Waals surface area contributed by atoms with Crippen molar-refractivity contribution >= 4 is 19.5 Å². The fourth-order valence-electron chi connectivity index (χ4n) is 3.82. The van der Waals surface area contributed by atoms with Crippen molar-refractivity contribution in [3.8, 4) is 5.75 Å². The smallest absolute Gasteiger partial charge is 0.461 e. The maximum Gasteiger partial charge on any atom is 0.499 e. The molecule has 2 fully saturated rings. The lowest BCUT2D eigenvalue weighted by Gasteiger charge is -2.26. The molecule has 4 N–H and O–H groups in total. The van der Waals surface area contributed by atoms with Gasteiger partial charge in [0.15, 0.2) is 0 Å². The van der Waals surface area contributed by atoms with Gasteiger partial charge in [-0.15, -0.1) is 0 Å². The van der Waals surface area contributed by atoms with Crippen molar-refractivity contribution in [2.75, 3.05) is 12.3 Å². The normalized spacial score (nSPS) is 23.1. The summed E-state index contributed by atoms with van der Waals surface area (Å²) in [6, 6.07) is 7.12. The number of carbonyl (C=O) groups is 1. The number of H-pyrrole nitrogens is 1. The molecule has 2 aliphatic rings. The molecule has 4 rings (SSSR count). The number of aromatic amines is 1. The van der Waals surface area contributed by atoms with E-state index in [1.807, 2.05) is 0 Å². The fraction of sp³-hybridized carbons (Fsp3) is 0.500. The van der Waals surface area contributed by atoms with Gasteiger partial charge in [0.2, 0.25) is 17.9 Å². The van der Waals surface area contributed by atoms with Gasteiger partial charge in [-0.05, 0) is 44.7 Å². The summed E-state index contributed by atoms with van der Waals surface area (Å²) in [6.07, 6.45) is 4.18. The summed E-state index contributed by atoms with van der Waals surface area (Å²) in [5, 5.41) is 2.57. The van der Waals surface area contributed by atoms with Crippen LogP contribution in [0.2, 0.25) is 0 Å². The van der Waals surface area contributed by atoms with Crippen molar-refractivity contribution in [2.24, 2.45) is 0 Å². The van der Waals surface area contributed by atoms with Crippen LogP contribution in [-0.4, -0.2) is 36.2 Å². The Labute approximate surface area is 206 Å². The third kappa shape index (κ3) is 6.68. The zero-order valence-corrected chi connectivity index (χ0v) is 20.5. The van der Waals surface area contributed by atoms with Crippen molar-refractivity contribution in [1.82, 2.24) is 10.1 Å². The Kier molecular flexibility index (Phi) is 8.37. The van der Waals surface area contributed by atoms with Gasteiger partial charge in [-0.1, -0.05) is 24.6 Å². The lowest BCUT2D eigenvalue weighted by molar-refractivity contribution is -0.773. The summed E-state index contributed by atoms with van der Waals surface area (Å²) in [5.74, 6) is -1.70. The van der Waals surface area contributed by atoms with Crippen LogP contribution in [-0.2, 0) is 28.1 Å². The van der Waals surface area contributed by atoms with Crippen LogP contribution >= 0.6 is 7.75 Å². The van der Waals surface area contributed by atoms with E-state index in [1.165, 1.54) is 6.92 Å². The first-order chi connectivity index (χ1) is 17.2. The second kappa shape index (κ2) is 11.5. The number of esters is 1. The second-order valence-electron chi connectivity index (χ2n) is 8.50. The van der Waals surface area contributed by atoms with Crippen molar-refractivity contribution in [3.05, 3.63) is 52.8 Å². The minimum Gasteiger partial charge on any atom is -0.461 e. The molecule has 1 aromatic carbocycles. The third-order valence-electron chi connectivity index (χ3n) is 5.67. The monoisotopic (exact) mass is 527 g/mol. The molecule has 4 atom stereocenters. The Morgan fingerprint density at radius 2 is 2.00 bits per heavy atom. The average Bonchev–Trinajstić information content (AvgIpc) is 3.30. The van der Waals surface area contributed by atoms with Crippen molar-refractivity contribution < 1.29 is 41.6 Å². The third-order valence-corrected chi connectivity index (χ3v) is 7.28. The fourth-order valence-corrected chi connectivity index (χ4v) is 5.30. The van der Waals surface area contributed by atoms with Gasteiger partial charge in [-0.3, -0.25) is 9.53 Å². The lowest BCUT2D eigenvalue weighted by Crippen LogP contribution is -2.56. The number of aromatic nitrogens is 2. The number of hydrogen-bond acceptors (Lipinski definition) is 9.